The van der Waals surface area contributed by atoms with Crippen molar-refractivity contribution in [2.75, 3.05) is 13.2 Å². The quantitative estimate of drug-likeness (QED) is 0.520. The third-order valence-electron chi connectivity index (χ3n) is 3.45. The zero-order chi connectivity index (χ0) is 12.4. The van der Waals surface area contributed by atoms with Crippen LogP contribution in [0.25, 0.3) is 0 Å². The fourth-order valence-corrected chi connectivity index (χ4v) is 2.67. The second-order valence-electron chi connectivity index (χ2n) is 4.40. The molecule has 7 heteroatoms. The van der Waals surface area contributed by atoms with Gasteiger partial charge in [-0.1, -0.05) is 0 Å². The van der Waals surface area contributed by atoms with Gasteiger partial charge in [-0.25, -0.2) is 0 Å². The minimum Gasteiger partial charge on any atom is -0.504 e. The Labute approximate surface area is 94.0 Å². The Morgan fingerprint density at radius 1 is 1.35 bits per heavy atom. The molecule has 17 heavy (non-hydrogen) atoms. The van der Waals surface area contributed by atoms with E-state index in [4.69, 9.17) is 14.6 Å². The van der Waals surface area contributed by atoms with E-state index in [0.29, 0.717) is 6.42 Å². The predicted molar refractivity (Wildman–Crippen MR) is 46.9 cm³/mol. The van der Waals surface area contributed by atoms with E-state index in [1.807, 2.05) is 0 Å². The van der Waals surface area contributed by atoms with Crippen LogP contribution in [-0.2, 0) is 14.3 Å². The summed E-state index contributed by atoms with van der Waals surface area (Å²) in [6.07, 6.45) is -4.51. The number of aliphatic hydroxyl groups is 1. The summed E-state index contributed by atoms with van der Waals surface area (Å²) in [4.78, 5) is 11.9. The van der Waals surface area contributed by atoms with Gasteiger partial charge in [-0.2, -0.15) is 13.2 Å². The molecular weight excluding hydrogens is 241 g/mol. The van der Waals surface area contributed by atoms with E-state index in [-0.39, 0.29) is 19.1 Å². The minimum atomic E-state index is -4.90. The van der Waals surface area contributed by atoms with Gasteiger partial charge >= 0.3 is 6.18 Å². The molecule has 1 spiro atoms. The average molecular weight is 250 g/mol. The Hall–Kier alpha value is -1.08. The highest BCUT2D eigenvalue weighted by atomic mass is 19.4. The number of Topliss-reactive ketones (excluding diaryl/α,β-unsaturated/α-hetero) is 1. The van der Waals surface area contributed by atoms with Crippen LogP contribution in [0.4, 0.5) is 13.2 Å². The summed E-state index contributed by atoms with van der Waals surface area (Å²) in [5, 5.41) is 9.12. The molecule has 2 aliphatic carbocycles. The first-order valence-electron chi connectivity index (χ1n) is 5.21. The molecule has 0 unspecified atom stereocenters. The van der Waals surface area contributed by atoms with E-state index < -0.39 is 35.0 Å². The molecule has 3 fully saturated rings. The molecule has 94 valence electrons. The van der Waals surface area contributed by atoms with Crippen LogP contribution in [0.15, 0.2) is 11.3 Å². The molecule has 0 radical (unpaired) electrons. The Bertz CT molecular complexity index is 420. The van der Waals surface area contributed by atoms with Gasteiger partial charge in [-0.15, -0.1) is 0 Å². The molecule has 4 nitrogen and oxygen atoms in total. The van der Waals surface area contributed by atoms with Crippen LogP contribution in [0.1, 0.15) is 6.42 Å². The van der Waals surface area contributed by atoms with Crippen molar-refractivity contribution in [2.24, 2.45) is 11.8 Å². The maximum atomic E-state index is 12.4. The second-order valence-corrected chi connectivity index (χ2v) is 4.40. The maximum Gasteiger partial charge on any atom is 0.449 e. The number of halogens is 3. The highest BCUT2D eigenvalue weighted by molar-refractivity contribution is 6.06. The van der Waals surface area contributed by atoms with Crippen LogP contribution in [0.5, 0.6) is 0 Å². The molecule has 0 bridgehead atoms. The lowest BCUT2D eigenvalue weighted by Gasteiger charge is -2.22. The monoisotopic (exact) mass is 250 g/mol. The molecule has 1 heterocycles. The molecule has 1 N–H and O–H groups in total. The van der Waals surface area contributed by atoms with E-state index in [9.17, 15) is 18.0 Å². The molecule has 0 aromatic carbocycles. The molecule has 0 aromatic rings. The second kappa shape index (κ2) is 3.02. The molecule has 2 saturated carbocycles. The van der Waals surface area contributed by atoms with Gasteiger partial charge in [0.2, 0.25) is 17.3 Å². The largest absolute Gasteiger partial charge is 0.504 e. The summed E-state index contributed by atoms with van der Waals surface area (Å²) in [6, 6.07) is 0. The molecule has 0 aromatic heterocycles. The number of hydrogen-bond donors (Lipinski definition) is 1. The molecule has 3 aliphatic rings. The van der Waals surface area contributed by atoms with E-state index in [2.05, 4.69) is 0 Å². The van der Waals surface area contributed by atoms with Gasteiger partial charge in [-0.3, -0.25) is 4.79 Å². The summed E-state index contributed by atoms with van der Waals surface area (Å²) < 4.78 is 47.6. The van der Waals surface area contributed by atoms with Crippen molar-refractivity contribution in [1.82, 2.24) is 0 Å². The molecular formula is C10H9F3O4. The molecule has 1 saturated heterocycles. The third kappa shape index (κ3) is 1.29. The number of alkyl halides is 3. The van der Waals surface area contributed by atoms with Crippen LogP contribution in [0, 0.1) is 11.8 Å². The maximum absolute atomic E-state index is 12.4. The highest BCUT2D eigenvalue weighted by Gasteiger charge is 2.71. The summed E-state index contributed by atoms with van der Waals surface area (Å²) in [5.74, 6) is -5.18. The molecule has 3 rings (SSSR count). The minimum absolute atomic E-state index is 0.190. The van der Waals surface area contributed by atoms with E-state index in [0.717, 1.165) is 0 Å². The van der Waals surface area contributed by atoms with Crippen molar-refractivity contribution in [3.63, 3.8) is 0 Å². The predicted octanol–water partition coefficient (Wildman–Crippen LogP) is 1.32. The lowest BCUT2D eigenvalue weighted by Crippen LogP contribution is -2.40. The van der Waals surface area contributed by atoms with E-state index in [1.165, 1.54) is 0 Å². The topological polar surface area (TPSA) is 55.8 Å². The number of fused-ring (bicyclic) bond motifs is 2. The molecule has 1 aliphatic heterocycles. The average Bonchev–Trinajstić information content (AvgIpc) is 2.81. The van der Waals surface area contributed by atoms with E-state index in [1.54, 1.807) is 0 Å². The SMILES string of the molecule is O=C1/C(=C(\O)C(F)(F)F)[C@H]2C[C@H]2C12OCCO2. The Morgan fingerprint density at radius 3 is 2.47 bits per heavy atom. The van der Waals surface area contributed by atoms with Gasteiger partial charge < -0.3 is 14.6 Å². The van der Waals surface area contributed by atoms with Crippen LogP contribution in [0.3, 0.4) is 0 Å². The lowest BCUT2D eigenvalue weighted by molar-refractivity contribution is -0.180. The molecule has 0 amide bonds. The number of carbonyl (C=O) groups excluding carboxylic acids is 1. The van der Waals surface area contributed by atoms with Crippen molar-refractivity contribution in [1.29, 1.82) is 0 Å². The number of ketones is 1. The van der Waals surface area contributed by atoms with Crippen molar-refractivity contribution in [3.05, 3.63) is 11.3 Å². The number of aliphatic hydroxyl groups excluding tert-OH is 1. The van der Waals surface area contributed by atoms with Gasteiger partial charge in [0, 0.05) is 11.8 Å². The number of hydrogen-bond acceptors (Lipinski definition) is 4. The first-order valence-corrected chi connectivity index (χ1v) is 5.21. The van der Waals surface area contributed by atoms with Crippen LogP contribution in [0.2, 0.25) is 0 Å². The zero-order valence-corrected chi connectivity index (χ0v) is 8.58. The third-order valence-corrected chi connectivity index (χ3v) is 3.45. The number of rotatable bonds is 0. The van der Waals surface area contributed by atoms with Gasteiger partial charge in [0.25, 0.3) is 0 Å². The summed E-state index contributed by atoms with van der Waals surface area (Å²) >= 11 is 0. The Kier molecular flexibility index (Phi) is 1.96. The summed E-state index contributed by atoms with van der Waals surface area (Å²) in [7, 11) is 0. The fraction of sp³-hybridized carbons (Fsp3) is 0.700. The van der Waals surface area contributed by atoms with Crippen LogP contribution >= 0.6 is 0 Å². The van der Waals surface area contributed by atoms with Crippen molar-refractivity contribution in [3.8, 4) is 0 Å². The smallest absolute Gasteiger partial charge is 0.449 e. The zero-order valence-electron chi connectivity index (χ0n) is 8.58. The summed E-state index contributed by atoms with van der Waals surface area (Å²) in [6.45, 7) is 0.379. The van der Waals surface area contributed by atoms with Gasteiger partial charge in [0.05, 0.1) is 18.8 Å². The normalized spacial score (nSPS) is 37.5. The fourth-order valence-electron chi connectivity index (χ4n) is 2.67. The van der Waals surface area contributed by atoms with Gasteiger partial charge in [0.1, 0.15) is 0 Å². The standard InChI is InChI=1S/C10H9F3O4/c11-10(12,13)8(15)6-4-3-5(4)9(7(6)14)16-1-2-17-9/h4-5,15H,1-3H2/b8-6-/t4-,5+/m0/s1. The first kappa shape index (κ1) is 11.0. The first-order chi connectivity index (χ1) is 7.88. The Morgan fingerprint density at radius 2 is 1.94 bits per heavy atom. The number of allylic oxidation sites excluding steroid dienone is 1. The Balaban J connectivity index is 2.03. The van der Waals surface area contributed by atoms with Crippen molar-refractivity contribution >= 4 is 5.78 Å². The van der Waals surface area contributed by atoms with Crippen molar-refractivity contribution < 1.29 is 32.5 Å². The number of ether oxygens (including phenoxy) is 2. The number of carbonyl (C=O) groups is 1. The van der Waals surface area contributed by atoms with Gasteiger partial charge in [0.15, 0.2) is 0 Å². The van der Waals surface area contributed by atoms with Crippen LogP contribution < -0.4 is 0 Å². The van der Waals surface area contributed by atoms with Crippen molar-refractivity contribution in [2.45, 2.75) is 18.4 Å². The molecule has 2 atom stereocenters. The van der Waals surface area contributed by atoms with E-state index >= 15 is 0 Å². The van der Waals surface area contributed by atoms with Crippen LogP contribution in [-0.4, -0.2) is 36.1 Å². The summed E-state index contributed by atoms with van der Waals surface area (Å²) in [5.41, 5.74) is -0.579. The lowest BCUT2D eigenvalue weighted by atomic mass is 10.0. The highest BCUT2D eigenvalue weighted by Crippen LogP contribution is 2.62. The van der Waals surface area contributed by atoms with Gasteiger partial charge in [-0.05, 0) is 6.42 Å².